The Morgan fingerprint density at radius 2 is 2.19 bits per heavy atom. The van der Waals surface area contributed by atoms with E-state index in [4.69, 9.17) is 10.5 Å². The van der Waals surface area contributed by atoms with E-state index in [-0.39, 0.29) is 5.75 Å². The van der Waals surface area contributed by atoms with Crippen molar-refractivity contribution in [2.45, 2.75) is 31.9 Å². The molecule has 0 aliphatic rings. The number of aliphatic hydroxyl groups excluding tert-OH is 1. The number of hydrogen-bond acceptors (Lipinski definition) is 3. The lowest BCUT2D eigenvalue weighted by atomic mass is 9.98. The monoisotopic (exact) mass is 227 g/mol. The van der Waals surface area contributed by atoms with Gasteiger partial charge in [0.25, 0.3) is 0 Å². The summed E-state index contributed by atoms with van der Waals surface area (Å²) in [6.07, 6.45) is 0.629. The van der Waals surface area contributed by atoms with Gasteiger partial charge in [-0.1, -0.05) is 25.5 Å². The Morgan fingerprint density at radius 1 is 1.50 bits per heavy atom. The summed E-state index contributed by atoms with van der Waals surface area (Å²) in [5, 5.41) is 9.73. The fourth-order valence-electron chi connectivity index (χ4n) is 1.63. The molecule has 90 valence electrons. The van der Waals surface area contributed by atoms with Gasteiger partial charge in [0.05, 0.1) is 19.3 Å². The average Bonchev–Trinajstić information content (AvgIpc) is 2.29. The molecule has 0 amide bonds. The van der Waals surface area contributed by atoms with Crippen LogP contribution in [0.1, 0.15) is 31.4 Å². The highest BCUT2D eigenvalue weighted by Gasteiger charge is 2.21. The highest BCUT2D eigenvalue weighted by Crippen LogP contribution is 2.26. The number of nitrogens with two attached hydrogens (primary N) is 1. The fraction of sp³-hybridized carbons (Fsp3) is 0.500. The minimum absolute atomic E-state index is 0.150. The van der Waals surface area contributed by atoms with Gasteiger partial charge in [-0.05, 0) is 12.5 Å². The van der Waals surface area contributed by atoms with E-state index in [1.165, 1.54) is 13.2 Å². The van der Waals surface area contributed by atoms with E-state index >= 15 is 0 Å². The number of methoxy groups -OCH3 is 1. The molecule has 1 aromatic carbocycles. The molecule has 0 spiro atoms. The van der Waals surface area contributed by atoms with Crippen LogP contribution in [0, 0.1) is 5.82 Å². The third-order valence-electron chi connectivity index (χ3n) is 2.57. The highest BCUT2D eigenvalue weighted by molar-refractivity contribution is 5.33. The van der Waals surface area contributed by atoms with E-state index in [9.17, 15) is 9.50 Å². The van der Waals surface area contributed by atoms with E-state index in [1.807, 2.05) is 6.92 Å². The summed E-state index contributed by atoms with van der Waals surface area (Å²) < 4.78 is 18.7. The Labute approximate surface area is 95.0 Å². The van der Waals surface area contributed by atoms with E-state index in [0.29, 0.717) is 12.0 Å². The maximum atomic E-state index is 13.8. The van der Waals surface area contributed by atoms with Gasteiger partial charge in [0, 0.05) is 5.56 Å². The minimum Gasteiger partial charge on any atom is -0.494 e. The molecule has 1 aromatic rings. The third kappa shape index (κ3) is 2.71. The molecule has 0 heterocycles. The number of aliphatic hydroxyl groups is 1. The van der Waals surface area contributed by atoms with E-state index in [0.717, 1.165) is 6.42 Å². The van der Waals surface area contributed by atoms with Crippen molar-refractivity contribution < 1.29 is 14.2 Å². The first kappa shape index (κ1) is 12.9. The zero-order valence-corrected chi connectivity index (χ0v) is 9.61. The third-order valence-corrected chi connectivity index (χ3v) is 2.57. The zero-order chi connectivity index (χ0) is 12.1. The van der Waals surface area contributed by atoms with Gasteiger partial charge in [-0.3, -0.25) is 0 Å². The van der Waals surface area contributed by atoms with Crippen molar-refractivity contribution in [3.05, 3.63) is 29.6 Å². The van der Waals surface area contributed by atoms with Crippen molar-refractivity contribution in [2.24, 2.45) is 5.73 Å². The summed E-state index contributed by atoms with van der Waals surface area (Å²) in [6, 6.07) is 4.05. The molecule has 3 nitrogen and oxygen atoms in total. The first-order valence-electron chi connectivity index (χ1n) is 5.37. The zero-order valence-electron chi connectivity index (χ0n) is 9.61. The van der Waals surface area contributed by atoms with Crippen molar-refractivity contribution in [1.82, 2.24) is 0 Å². The maximum Gasteiger partial charge on any atom is 0.169 e. The van der Waals surface area contributed by atoms with Crippen LogP contribution >= 0.6 is 0 Å². The standard InChI is InChI=1S/C12H18FNO2/c1-3-5-9(15)12(14)8-6-4-7-10(16-2)11(8)13/h4,6-7,9,12,15H,3,5,14H2,1-2H3/t9-,12+/m1/s1. The van der Waals surface area contributed by atoms with Crippen molar-refractivity contribution in [3.63, 3.8) is 0 Å². The number of benzene rings is 1. The molecule has 0 bridgehead atoms. The van der Waals surface area contributed by atoms with Crippen LogP contribution in [0.25, 0.3) is 0 Å². The number of ether oxygens (including phenoxy) is 1. The fourth-order valence-corrected chi connectivity index (χ4v) is 1.63. The molecule has 3 N–H and O–H groups in total. The smallest absolute Gasteiger partial charge is 0.169 e. The lowest BCUT2D eigenvalue weighted by Gasteiger charge is -2.19. The predicted octanol–water partition coefficient (Wildman–Crippen LogP) is 2.00. The average molecular weight is 227 g/mol. The first-order chi connectivity index (χ1) is 7.61. The summed E-state index contributed by atoms with van der Waals surface area (Å²) in [6.45, 7) is 1.94. The van der Waals surface area contributed by atoms with Crippen LogP contribution in [0.5, 0.6) is 5.75 Å². The predicted molar refractivity (Wildman–Crippen MR) is 60.8 cm³/mol. The molecule has 4 heteroatoms. The van der Waals surface area contributed by atoms with Crippen molar-refractivity contribution in [2.75, 3.05) is 7.11 Å². The van der Waals surface area contributed by atoms with E-state index in [1.54, 1.807) is 12.1 Å². The van der Waals surface area contributed by atoms with Crippen LogP contribution < -0.4 is 10.5 Å². The number of halogens is 1. The number of rotatable bonds is 5. The molecular weight excluding hydrogens is 209 g/mol. The van der Waals surface area contributed by atoms with E-state index < -0.39 is 18.0 Å². The van der Waals surface area contributed by atoms with Gasteiger partial charge >= 0.3 is 0 Å². The van der Waals surface area contributed by atoms with Crippen LogP contribution in [0.2, 0.25) is 0 Å². The van der Waals surface area contributed by atoms with Crippen molar-refractivity contribution in [1.29, 1.82) is 0 Å². The van der Waals surface area contributed by atoms with Gasteiger partial charge in [-0.15, -0.1) is 0 Å². The Hall–Kier alpha value is -1.13. The Balaban J connectivity index is 2.94. The summed E-state index contributed by atoms with van der Waals surface area (Å²) in [5.41, 5.74) is 6.10. The molecule has 0 saturated heterocycles. The van der Waals surface area contributed by atoms with Gasteiger partial charge in [0.2, 0.25) is 0 Å². The van der Waals surface area contributed by atoms with Gasteiger partial charge in [-0.2, -0.15) is 0 Å². The van der Waals surface area contributed by atoms with Crippen LogP contribution in [-0.2, 0) is 0 Å². The lowest BCUT2D eigenvalue weighted by Crippen LogP contribution is -2.27. The summed E-state index contributed by atoms with van der Waals surface area (Å²) >= 11 is 0. The first-order valence-corrected chi connectivity index (χ1v) is 5.37. The van der Waals surface area contributed by atoms with Crippen LogP contribution in [0.4, 0.5) is 4.39 Å². The maximum absolute atomic E-state index is 13.8. The Morgan fingerprint density at radius 3 is 2.75 bits per heavy atom. The molecule has 0 aromatic heterocycles. The summed E-state index contributed by atoms with van der Waals surface area (Å²) in [4.78, 5) is 0. The molecule has 0 fully saturated rings. The molecular formula is C12H18FNO2. The Bertz CT molecular complexity index is 344. The molecule has 0 unspecified atom stereocenters. The normalized spacial score (nSPS) is 14.6. The minimum atomic E-state index is -0.730. The van der Waals surface area contributed by atoms with Gasteiger partial charge < -0.3 is 15.6 Å². The molecule has 0 aliphatic heterocycles. The molecule has 0 saturated carbocycles. The second-order valence-electron chi connectivity index (χ2n) is 3.75. The summed E-state index contributed by atoms with van der Waals surface area (Å²) in [7, 11) is 1.40. The lowest BCUT2D eigenvalue weighted by molar-refractivity contribution is 0.132. The number of hydrogen-bond donors (Lipinski definition) is 2. The van der Waals surface area contributed by atoms with Crippen molar-refractivity contribution >= 4 is 0 Å². The Kier molecular flexibility index (Phi) is 4.71. The second-order valence-corrected chi connectivity index (χ2v) is 3.75. The molecule has 0 radical (unpaired) electrons. The quantitative estimate of drug-likeness (QED) is 0.808. The van der Waals surface area contributed by atoms with Gasteiger partial charge in [0.15, 0.2) is 11.6 Å². The van der Waals surface area contributed by atoms with Crippen molar-refractivity contribution in [3.8, 4) is 5.75 Å². The largest absolute Gasteiger partial charge is 0.494 e. The molecule has 2 atom stereocenters. The van der Waals surface area contributed by atoms with E-state index in [2.05, 4.69) is 0 Å². The highest BCUT2D eigenvalue weighted by atomic mass is 19.1. The second kappa shape index (κ2) is 5.82. The van der Waals surface area contributed by atoms with Crippen LogP contribution in [0.15, 0.2) is 18.2 Å². The van der Waals surface area contributed by atoms with Crippen LogP contribution in [0.3, 0.4) is 0 Å². The SMILES string of the molecule is CCC[C@@H](O)[C@@H](N)c1cccc(OC)c1F. The topological polar surface area (TPSA) is 55.5 Å². The molecule has 0 aliphatic carbocycles. The van der Waals surface area contributed by atoms with Gasteiger partial charge in [0.1, 0.15) is 0 Å². The molecule has 16 heavy (non-hydrogen) atoms. The van der Waals surface area contributed by atoms with Gasteiger partial charge in [-0.25, -0.2) is 4.39 Å². The van der Waals surface area contributed by atoms with Crippen LogP contribution in [-0.4, -0.2) is 18.3 Å². The summed E-state index contributed by atoms with van der Waals surface area (Å²) in [5.74, 6) is -0.343. The molecule has 1 rings (SSSR count).